The Balaban J connectivity index is 1.22. The molecule has 0 radical (unpaired) electrons. The minimum Gasteiger partial charge on any atom is -0.378 e. The molecule has 11 heteroatoms. The number of ether oxygens (including phenoxy) is 1. The first-order valence-corrected chi connectivity index (χ1v) is 13.7. The van der Waals surface area contributed by atoms with Crippen LogP contribution in [0.1, 0.15) is 22.8 Å². The van der Waals surface area contributed by atoms with Gasteiger partial charge in [-0.3, -0.25) is 29.1 Å². The van der Waals surface area contributed by atoms with Gasteiger partial charge in [0.15, 0.2) is 0 Å². The van der Waals surface area contributed by atoms with Gasteiger partial charge >= 0.3 is 4.87 Å². The molecule has 2 saturated heterocycles. The van der Waals surface area contributed by atoms with Crippen molar-refractivity contribution in [2.45, 2.75) is 22.6 Å². The summed E-state index contributed by atoms with van der Waals surface area (Å²) in [5, 5.41) is 1.02. The first-order chi connectivity index (χ1) is 17.0. The van der Waals surface area contributed by atoms with Gasteiger partial charge in [-0.25, -0.2) is 0 Å². The predicted octanol–water partition coefficient (Wildman–Crippen LogP) is 1.16. The molecule has 2 aliphatic carbocycles. The van der Waals surface area contributed by atoms with Crippen LogP contribution in [0.4, 0.5) is 0 Å². The number of hydrogen-bond acceptors (Lipinski definition) is 8. The van der Waals surface area contributed by atoms with Crippen molar-refractivity contribution in [2.75, 3.05) is 32.8 Å². The Bertz CT molecular complexity index is 1270. The summed E-state index contributed by atoms with van der Waals surface area (Å²) < 4.78 is 5.32. The van der Waals surface area contributed by atoms with E-state index >= 15 is 0 Å². The van der Waals surface area contributed by atoms with Gasteiger partial charge in [0.1, 0.15) is 6.54 Å². The molecule has 3 aliphatic heterocycles. The summed E-state index contributed by atoms with van der Waals surface area (Å²) in [6.07, 6.45) is 4.42. The van der Waals surface area contributed by atoms with Crippen molar-refractivity contribution in [3.05, 3.63) is 44.6 Å². The van der Waals surface area contributed by atoms with Gasteiger partial charge in [-0.2, -0.15) is 0 Å². The molecule has 2 bridgehead atoms. The Labute approximate surface area is 209 Å². The summed E-state index contributed by atoms with van der Waals surface area (Å²) in [5.74, 6) is -1.15. The fraction of sp³-hybridized carbons (Fsp3) is 0.542. The quantitative estimate of drug-likeness (QED) is 0.614. The minimum atomic E-state index is -0.386. The van der Waals surface area contributed by atoms with Gasteiger partial charge < -0.3 is 14.6 Å². The smallest absolute Gasteiger partial charge is 0.305 e. The van der Waals surface area contributed by atoms with E-state index in [1.807, 2.05) is 18.3 Å². The second kappa shape index (κ2) is 8.01. The highest BCUT2D eigenvalue weighted by Crippen LogP contribution is 2.68. The number of imide groups is 1. The molecule has 5 heterocycles. The molecule has 9 nitrogen and oxygen atoms in total. The van der Waals surface area contributed by atoms with Crippen molar-refractivity contribution in [3.8, 4) is 0 Å². The third kappa shape index (κ3) is 3.14. The van der Waals surface area contributed by atoms with Crippen LogP contribution in [0.5, 0.6) is 0 Å². The lowest BCUT2D eigenvalue weighted by molar-refractivity contribution is -0.148. The summed E-state index contributed by atoms with van der Waals surface area (Å²) >= 11 is 2.90. The van der Waals surface area contributed by atoms with E-state index in [1.54, 1.807) is 22.9 Å². The van der Waals surface area contributed by atoms with E-state index in [-0.39, 0.29) is 69.9 Å². The number of carbonyl (C=O) groups excluding carboxylic acids is 3. The number of carbonyl (C=O) groups is 3. The van der Waals surface area contributed by atoms with E-state index in [0.717, 1.165) is 21.9 Å². The Hall–Kier alpha value is -2.50. The van der Waals surface area contributed by atoms with Gasteiger partial charge in [0.05, 0.1) is 30.1 Å². The molecule has 0 aromatic carbocycles. The Morgan fingerprint density at radius 3 is 2.66 bits per heavy atom. The van der Waals surface area contributed by atoms with Crippen LogP contribution >= 0.6 is 23.1 Å². The summed E-state index contributed by atoms with van der Waals surface area (Å²) in [6, 6.07) is 3.94. The molecule has 0 spiro atoms. The van der Waals surface area contributed by atoms with Crippen molar-refractivity contribution in [2.24, 2.45) is 29.6 Å². The van der Waals surface area contributed by atoms with Crippen LogP contribution in [0, 0.1) is 29.6 Å². The molecule has 7 atom stereocenters. The second-order valence-corrected chi connectivity index (χ2v) is 12.2. The van der Waals surface area contributed by atoms with Crippen molar-refractivity contribution in [3.63, 3.8) is 0 Å². The van der Waals surface area contributed by atoms with Crippen LogP contribution in [-0.4, -0.2) is 75.6 Å². The van der Waals surface area contributed by atoms with Crippen molar-refractivity contribution in [1.29, 1.82) is 0 Å². The number of nitrogens with zero attached hydrogens (tertiary/aromatic N) is 3. The molecule has 3 amide bonds. The first kappa shape index (κ1) is 21.8. The zero-order valence-corrected chi connectivity index (χ0v) is 20.4. The lowest BCUT2D eigenvalue weighted by atomic mass is 9.68. The van der Waals surface area contributed by atoms with Crippen LogP contribution in [0.3, 0.4) is 0 Å². The number of pyridine rings is 1. The van der Waals surface area contributed by atoms with Crippen LogP contribution in [0.25, 0.3) is 0 Å². The molecule has 2 aromatic rings. The highest BCUT2D eigenvalue weighted by atomic mass is 32.2. The molecule has 7 rings (SSSR count). The van der Waals surface area contributed by atoms with E-state index in [1.165, 1.54) is 16.2 Å². The van der Waals surface area contributed by atoms with Crippen molar-refractivity contribution < 1.29 is 19.1 Å². The predicted molar refractivity (Wildman–Crippen MR) is 127 cm³/mol. The summed E-state index contributed by atoms with van der Waals surface area (Å²) in [7, 11) is 0. The first-order valence-electron chi connectivity index (χ1n) is 12.0. The molecule has 2 saturated carbocycles. The van der Waals surface area contributed by atoms with Crippen LogP contribution in [0.15, 0.2) is 34.3 Å². The largest absolute Gasteiger partial charge is 0.378 e. The molecule has 35 heavy (non-hydrogen) atoms. The molecule has 2 aromatic heterocycles. The molecule has 4 fully saturated rings. The third-order valence-corrected chi connectivity index (χ3v) is 11.1. The molecule has 0 unspecified atom stereocenters. The Morgan fingerprint density at radius 1 is 1.14 bits per heavy atom. The van der Waals surface area contributed by atoms with Gasteiger partial charge in [0.25, 0.3) is 0 Å². The van der Waals surface area contributed by atoms with Crippen molar-refractivity contribution in [1.82, 2.24) is 19.8 Å². The number of nitrogens with one attached hydrogen (secondary N) is 1. The topological polar surface area (TPSA) is 113 Å². The maximum absolute atomic E-state index is 13.6. The van der Waals surface area contributed by atoms with E-state index in [2.05, 4.69) is 9.97 Å². The molecular weight excluding hydrogens is 488 g/mol. The van der Waals surface area contributed by atoms with E-state index in [4.69, 9.17) is 4.74 Å². The van der Waals surface area contributed by atoms with Gasteiger partial charge in [0.2, 0.25) is 17.7 Å². The lowest BCUT2D eigenvalue weighted by Gasteiger charge is -2.42. The number of thioether (sulfide) groups is 1. The van der Waals surface area contributed by atoms with Gasteiger partial charge in [-0.1, -0.05) is 17.4 Å². The van der Waals surface area contributed by atoms with Gasteiger partial charge in [-0.15, -0.1) is 11.8 Å². The number of H-pyrrole nitrogens is 1. The maximum Gasteiger partial charge on any atom is 0.305 e. The zero-order chi connectivity index (χ0) is 23.8. The molecule has 182 valence electrons. The minimum absolute atomic E-state index is 0.0308. The number of fused-ring (bicyclic) bond motifs is 9. The van der Waals surface area contributed by atoms with Crippen LogP contribution in [-0.2, 0) is 19.1 Å². The van der Waals surface area contributed by atoms with E-state index in [0.29, 0.717) is 26.3 Å². The average molecular weight is 513 g/mol. The third-order valence-electron chi connectivity index (χ3n) is 8.52. The number of likely N-dealkylation sites (tertiary alicyclic amines) is 1. The SMILES string of the molecule is O=C(CN1C(=O)[C@@H]2[C@H]3C[C@@H]([C@@H]4Sc5[nH]c(=O)sc5[C@@H](c5cccnc5)[C@@H]34)[C@H]2C1=O)N1CCOCC1. The Morgan fingerprint density at radius 2 is 1.91 bits per heavy atom. The van der Waals surface area contributed by atoms with Crippen LogP contribution < -0.4 is 4.87 Å². The average Bonchev–Trinajstić information content (AvgIpc) is 3.61. The highest BCUT2D eigenvalue weighted by molar-refractivity contribution is 8.00. The summed E-state index contributed by atoms with van der Waals surface area (Å²) in [6.45, 7) is 1.75. The number of morpholine rings is 1. The Kier molecular flexibility index (Phi) is 4.98. The van der Waals surface area contributed by atoms with E-state index in [9.17, 15) is 19.2 Å². The number of aromatic amines is 1. The van der Waals surface area contributed by atoms with Gasteiger partial charge in [-0.05, 0) is 35.8 Å². The highest BCUT2D eigenvalue weighted by Gasteiger charge is 2.69. The molecular formula is C24H24N4O5S2. The number of hydrogen-bond donors (Lipinski definition) is 1. The fourth-order valence-electron chi connectivity index (χ4n) is 7.22. The normalized spacial score (nSPS) is 35.3. The number of rotatable bonds is 3. The monoisotopic (exact) mass is 512 g/mol. The number of amides is 3. The molecule has 5 aliphatic rings. The summed E-state index contributed by atoms with van der Waals surface area (Å²) in [5.41, 5.74) is 1.04. The van der Waals surface area contributed by atoms with E-state index < -0.39 is 0 Å². The molecule has 1 N–H and O–H groups in total. The van der Waals surface area contributed by atoms with Gasteiger partial charge in [0, 0.05) is 41.5 Å². The van der Waals surface area contributed by atoms with Crippen molar-refractivity contribution >= 4 is 40.8 Å². The number of aromatic nitrogens is 2. The lowest BCUT2D eigenvalue weighted by Crippen LogP contribution is -2.47. The summed E-state index contributed by atoms with van der Waals surface area (Å²) in [4.78, 5) is 63.4. The zero-order valence-electron chi connectivity index (χ0n) is 18.8. The number of thiazole rings is 1. The second-order valence-electron chi connectivity index (χ2n) is 10.0. The van der Waals surface area contributed by atoms with Crippen LogP contribution in [0.2, 0.25) is 0 Å². The standard InChI is InChI=1S/C24H24N4O5S2/c29-14(27-4-6-33-7-5-27)10-28-22(30)17-12-8-13(18(17)23(28)31)19-16(12)15(11-2-1-3-25-9-11)20-21(34-19)26-24(32)35-20/h1-3,9,12-13,15-19H,4-8,10H2,(H,26,32)/t12-,13+,15-,16+,17+,18+,19-/m0/s1. The maximum atomic E-state index is 13.6. The fourth-order valence-corrected chi connectivity index (χ4v) is 10.1.